The molecule has 0 unspecified atom stereocenters. The van der Waals surface area contributed by atoms with E-state index in [1.807, 2.05) is 61.5 Å². The summed E-state index contributed by atoms with van der Waals surface area (Å²) in [6.45, 7) is 4.57. The average molecular weight is 403 g/mol. The standard InChI is InChI=1S/C20H23BrN2O2/c1-3-22-20(25)15(2)23(14-17-10-7-11-18(21)12-17)19(24)13-16-8-5-4-6-9-16/h4-12,15H,3,13-14H2,1-2H3,(H,22,25)/t15-/m1/s1. The minimum Gasteiger partial charge on any atom is -0.355 e. The maximum absolute atomic E-state index is 12.9. The van der Waals surface area contributed by atoms with E-state index in [0.717, 1.165) is 15.6 Å². The van der Waals surface area contributed by atoms with E-state index in [1.165, 1.54) is 0 Å². The van der Waals surface area contributed by atoms with Crippen molar-refractivity contribution in [2.45, 2.75) is 32.9 Å². The molecule has 132 valence electrons. The van der Waals surface area contributed by atoms with Gasteiger partial charge < -0.3 is 10.2 Å². The van der Waals surface area contributed by atoms with E-state index < -0.39 is 6.04 Å². The zero-order valence-electron chi connectivity index (χ0n) is 14.5. The van der Waals surface area contributed by atoms with Crippen molar-refractivity contribution in [1.82, 2.24) is 10.2 Å². The molecule has 2 amide bonds. The van der Waals surface area contributed by atoms with Crippen LogP contribution in [-0.4, -0.2) is 29.3 Å². The number of benzene rings is 2. The van der Waals surface area contributed by atoms with Crippen LogP contribution in [0.5, 0.6) is 0 Å². The summed E-state index contributed by atoms with van der Waals surface area (Å²) < 4.78 is 0.950. The third kappa shape index (κ3) is 5.71. The molecule has 0 saturated carbocycles. The molecule has 1 atom stereocenters. The van der Waals surface area contributed by atoms with Gasteiger partial charge in [-0.15, -0.1) is 0 Å². The highest BCUT2D eigenvalue weighted by Crippen LogP contribution is 2.16. The number of nitrogens with zero attached hydrogens (tertiary/aromatic N) is 1. The fourth-order valence-corrected chi connectivity index (χ4v) is 3.06. The van der Waals surface area contributed by atoms with Gasteiger partial charge in [-0.1, -0.05) is 58.4 Å². The Morgan fingerprint density at radius 1 is 1.08 bits per heavy atom. The van der Waals surface area contributed by atoms with Crippen molar-refractivity contribution in [3.05, 3.63) is 70.2 Å². The van der Waals surface area contributed by atoms with Crippen LogP contribution in [0.1, 0.15) is 25.0 Å². The smallest absolute Gasteiger partial charge is 0.242 e. The average Bonchev–Trinajstić information content (AvgIpc) is 2.60. The lowest BCUT2D eigenvalue weighted by Gasteiger charge is -2.29. The second kappa shape index (κ2) is 9.37. The molecule has 0 aromatic heterocycles. The number of carbonyl (C=O) groups is 2. The van der Waals surface area contributed by atoms with Gasteiger partial charge in [0.2, 0.25) is 11.8 Å². The molecular weight excluding hydrogens is 380 g/mol. The molecule has 2 aromatic rings. The van der Waals surface area contributed by atoms with E-state index >= 15 is 0 Å². The number of hydrogen-bond acceptors (Lipinski definition) is 2. The highest BCUT2D eigenvalue weighted by molar-refractivity contribution is 9.10. The Labute approximate surface area is 157 Å². The molecule has 25 heavy (non-hydrogen) atoms. The summed E-state index contributed by atoms with van der Waals surface area (Å²) in [7, 11) is 0. The summed E-state index contributed by atoms with van der Waals surface area (Å²) in [5.41, 5.74) is 1.92. The van der Waals surface area contributed by atoms with Gasteiger partial charge in [-0.25, -0.2) is 0 Å². The largest absolute Gasteiger partial charge is 0.355 e. The van der Waals surface area contributed by atoms with E-state index in [2.05, 4.69) is 21.2 Å². The number of likely N-dealkylation sites (N-methyl/N-ethyl adjacent to an activating group) is 1. The summed E-state index contributed by atoms with van der Waals surface area (Å²) in [5.74, 6) is -0.205. The van der Waals surface area contributed by atoms with Gasteiger partial charge in [-0.05, 0) is 37.1 Å². The first-order valence-electron chi connectivity index (χ1n) is 8.36. The summed E-state index contributed by atoms with van der Waals surface area (Å²) in [4.78, 5) is 26.8. The van der Waals surface area contributed by atoms with Gasteiger partial charge in [-0.2, -0.15) is 0 Å². The van der Waals surface area contributed by atoms with Crippen LogP contribution in [0.25, 0.3) is 0 Å². The van der Waals surface area contributed by atoms with Gasteiger partial charge >= 0.3 is 0 Å². The molecule has 4 nitrogen and oxygen atoms in total. The lowest BCUT2D eigenvalue weighted by atomic mass is 10.1. The summed E-state index contributed by atoms with van der Waals surface area (Å²) in [6, 6.07) is 16.8. The first-order valence-corrected chi connectivity index (χ1v) is 9.16. The molecule has 0 fully saturated rings. The molecule has 0 spiro atoms. The van der Waals surface area contributed by atoms with Gasteiger partial charge in [-0.3, -0.25) is 9.59 Å². The van der Waals surface area contributed by atoms with Crippen molar-refractivity contribution < 1.29 is 9.59 Å². The SMILES string of the molecule is CCNC(=O)[C@@H](C)N(Cc1cccc(Br)c1)C(=O)Cc1ccccc1. The van der Waals surface area contributed by atoms with Crippen LogP contribution < -0.4 is 5.32 Å². The van der Waals surface area contributed by atoms with Crippen molar-refractivity contribution in [2.75, 3.05) is 6.54 Å². The van der Waals surface area contributed by atoms with Crippen LogP contribution in [0.4, 0.5) is 0 Å². The molecule has 0 heterocycles. The zero-order valence-corrected chi connectivity index (χ0v) is 16.1. The van der Waals surface area contributed by atoms with E-state index in [0.29, 0.717) is 13.1 Å². The summed E-state index contributed by atoms with van der Waals surface area (Å²) in [5, 5.41) is 2.80. The van der Waals surface area contributed by atoms with Gasteiger partial charge in [0.25, 0.3) is 0 Å². The molecule has 5 heteroatoms. The van der Waals surface area contributed by atoms with Crippen molar-refractivity contribution in [3.8, 4) is 0 Å². The van der Waals surface area contributed by atoms with Crippen LogP contribution in [0.3, 0.4) is 0 Å². The van der Waals surface area contributed by atoms with Crippen LogP contribution >= 0.6 is 15.9 Å². The van der Waals surface area contributed by atoms with E-state index in [9.17, 15) is 9.59 Å². The van der Waals surface area contributed by atoms with Crippen LogP contribution in [0, 0.1) is 0 Å². The minimum absolute atomic E-state index is 0.0649. The highest BCUT2D eigenvalue weighted by atomic mass is 79.9. The number of rotatable bonds is 7. The zero-order chi connectivity index (χ0) is 18.2. The third-order valence-electron chi connectivity index (χ3n) is 3.96. The van der Waals surface area contributed by atoms with Crippen molar-refractivity contribution in [1.29, 1.82) is 0 Å². The first kappa shape index (κ1) is 19.2. The van der Waals surface area contributed by atoms with Crippen molar-refractivity contribution in [2.24, 2.45) is 0 Å². The topological polar surface area (TPSA) is 49.4 Å². The van der Waals surface area contributed by atoms with Crippen molar-refractivity contribution in [3.63, 3.8) is 0 Å². The lowest BCUT2D eigenvalue weighted by Crippen LogP contribution is -2.48. The number of carbonyl (C=O) groups excluding carboxylic acids is 2. The number of hydrogen-bond donors (Lipinski definition) is 1. The molecule has 0 aliphatic rings. The second-order valence-corrected chi connectivity index (χ2v) is 6.80. The Balaban J connectivity index is 2.21. The maximum Gasteiger partial charge on any atom is 0.242 e. The van der Waals surface area contributed by atoms with Gasteiger partial charge in [0.15, 0.2) is 0 Å². The number of amides is 2. The molecule has 2 rings (SSSR count). The van der Waals surface area contributed by atoms with Gasteiger partial charge in [0.1, 0.15) is 6.04 Å². The quantitative estimate of drug-likeness (QED) is 0.769. The molecule has 0 aliphatic carbocycles. The Bertz CT molecular complexity index is 719. The highest BCUT2D eigenvalue weighted by Gasteiger charge is 2.25. The number of halogens is 1. The first-order chi connectivity index (χ1) is 12.0. The molecule has 0 aliphatic heterocycles. The van der Waals surface area contributed by atoms with Crippen LogP contribution in [0.15, 0.2) is 59.1 Å². The molecule has 2 aromatic carbocycles. The Morgan fingerprint density at radius 3 is 2.40 bits per heavy atom. The number of nitrogens with one attached hydrogen (secondary N) is 1. The molecule has 0 radical (unpaired) electrons. The Morgan fingerprint density at radius 2 is 1.76 bits per heavy atom. The van der Waals surface area contributed by atoms with Gasteiger partial charge in [0, 0.05) is 17.6 Å². The normalized spacial score (nSPS) is 11.6. The molecule has 0 saturated heterocycles. The van der Waals surface area contributed by atoms with E-state index in [-0.39, 0.29) is 18.2 Å². The monoisotopic (exact) mass is 402 g/mol. The fourth-order valence-electron chi connectivity index (χ4n) is 2.61. The molecular formula is C20H23BrN2O2. The third-order valence-corrected chi connectivity index (χ3v) is 4.45. The Kier molecular flexibility index (Phi) is 7.19. The summed E-state index contributed by atoms with van der Waals surface area (Å²) in [6.07, 6.45) is 0.276. The van der Waals surface area contributed by atoms with Crippen molar-refractivity contribution >= 4 is 27.7 Å². The van der Waals surface area contributed by atoms with Gasteiger partial charge in [0.05, 0.1) is 6.42 Å². The second-order valence-electron chi connectivity index (χ2n) is 5.88. The fraction of sp³-hybridized carbons (Fsp3) is 0.300. The summed E-state index contributed by atoms with van der Waals surface area (Å²) >= 11 is 3.45. The van der Waals surface area contributed by atoms with Crippen LogP contribution in [0.2, 0.25) is 0 Å². The molecule has 0 bridgehead atoms. The van der Waals surface area contributed by atoms with E-state index in [4.69, 9.17) is 0 Å². The maximum atomic E-state index is 12.9. The predicted molar refractivity (Wildman–Crippen MR) is 103 cm³/mol. The Hall–Kier alpha value is -2.14. The minimum atomic E-state index is -0.532. The van der Waals surface area contributed by atoms with Crippen LogP contribution in [-0.2, 0) is 22.6 Å². The lowest BCUT2D eigenvalue weighted by molar-refractivity contribution is -0.140. The molecule has 1 N–H and O–H groups in total. The van der Waals surface area contributed by atoms with E-state index in [1.54, 1.807) is 11.8 Å². The predicted octanol–water partition coefficient (Wildman–Crippen LogP) is 3.55.